The van der Waals surface area contributed by atoms with Gasteiger partial charge in [0.15, 0.2) is 0 Å². The SMILES string of the molecule is COC(=O)N(C)C(C(=O)Nc1cccc(F)c1CCCC1CNCC(C)N1S(=O)(=O)c1ccccc1)C(c1ccc(Cl)cc1)C1CCOCC1. The van der Waals surface area contributed by atoms with Gasteiger partial charge in [-0.3, -0.25) is 9.69 Å². The molecule has 13 heteroatoms. The van der Waals surface area contributed by atoms with Crippen LogP contribution in [0.2, 0.25) is 5.02 Å². The number of piperazine rings is 1. The van der Waals surface area contributed by atoms with E-state index in [0.717, 1.165) is 5.56 Å². The number of carbonyl (C=O) groups is 2. The summed E-state index contributed by atoms with van der Waals surface area (Å²) in [5.74, 6) is -1.40. The summed E-state index contributed by atoms with van der Waals surface area (Å²) in [5.41, 5.74) is 1.44. The summed E-state index contributed by atoms with van der Waals surface area (Å²) in [6.07, 6.45) is 1.88. The molecule has 270 valence electrons. The van der Waals surface area contributed by atoms with Crippen molar-refractivity contribution in [3.63, 3.8) is 0 Å². The second-order valence-corrected chi connectivity index (χ2v) is 15.3. The Morgan fingerprint density at radius 1 is 1.06 bits per heavy atom. The van der Waals surface area contributed by atoms with E-state index in [1.807, 2.05) is 19.1 Å². The summed E-state index contributed by atoms with van der Waals surface area (Å²) in [4.78, 5) is 28.9. The lowest BCUT2D eigenvalue weighted by Gasteiger charge is -2.40. The number of amides is 2. The predicted octanol–water partition coefficient (Wildman–Crippen LogP) is 6.07. The van der Waals surface area contributed by atoms with Gasteiger partial charge in [0, 0.05) is 67.6 Å². The Balaban J connectivity index is 1.39. The lowest BCUT2D eigenvalue weighted by molar-refractivity contribution is -0.122. The summed E-state index contributed by atoms with van der Waals surface area (Å²) in [5, 5.41) is 6.84. The number of hydrogen-bond acceptors (Lipinski definition) is 7. The van der Waals surface area contributed by atoms with E-state index in [1.165, 1.54) is 31.2 Å². The van der Waals surface area contributed by atoms with Gasteiger partial charge in [-0.15, -0.1) is 0 Å². The molecule has 4 atom stereocenters. The molecule has 4 unspecified atom stereocenters. The van der Waals surface area contributed by atoms with Crippen LogP contribution >= 0.6 is 11.6 Å². The number of rotatable bonds is 12. The zero-order valence-electron chi connectivity index (χ0n) is 28.7. The zero-order chi connectivity index (χ0) is 35.8. The number of benzene rings is 3. The largest absolute Gasteiger partial charge is 0.453 e. The first-order valence-electron chi connectivity index (χ1n) is 17.0. The van der Waals surface area contributed by atoms with E-state index < -0.39 is 39.8 Å². The fourth-order valence-electron chi connectivity index (χ4n) is 7.34. The number of likely N-dealkylation sites (N-methyl/N-ethyl adjacent to an activating group) is 1. The van der Waals surface area contributed by atoms with Crippen molar-refractivity contribution in [3.05, 3.63) is 94.8 Å². The van der Waals surface area contributed by atoms with Crippen molar-refractivity contribution in [3.8, 4) is 0 Å². The minimum Gasteiger partial charge on any atom is -0.453 e. The van der Waals surface area contributed by atoms with Crippen molar-refractivity contribution in [1.29, 1.82) is 0 Å². The fourth-order valence-corrected chi connectivity index (χ4v) is 9.33. The van der Waals surface area contributed by atoms with Crippen molar-refractivity contribution in [2.45, 2.75) is 68.0 Å². The van der Waals surface area contributed by atoms with Crippen LogP contribution in [0.1, 0.15) is 49.7 Å². The van der Waals surface area contributed by atoms with E-state index in [-0.39, 0.29) is 29.3 Å². The van der Waals surface area contributed by atoms with Gasteiger partial charge in [-0.25, -0.2) is 17.6 Å². The van der Waals surface area contributed by atoms with Crippen molar-refractivity contribution in [1.82, 2.24) is 14.5 Å². The summed E-state index contributed by atoms with van der Waals surface area (Å²) in [7, 11) is -0.963. The van der Waals surface area contributed by atoms with Crippen LogP contribution in [0.25, 0.3) is 0 Å². The monoisotopic (exact) mass is 728 g/mol. The van der Waals surface area contributed by atoms with Crippen molar-refractivity contribution < 1.29 is 31.9 Å². The maximum Gasteiger partial charge on any atom is 0.409 e. The Kier molecular flexibility index (Phi) is 12.9. The number of hydrogen-bond donors (Lipinski definition) is 2. The number of nitrogens with one attached hydrogen (secondary N) is 2. The average Bonchev–Trinajstić information content (AvgIpc) is 3.12. The maximum absolute atomic E-state index is 15.5. The Morgan fingerprint density at radius 2 is 1.76 bits per heavy atom. The van der Waals surface area contributed by atoms with Crippen LogP contribution in [-0.2, 0) is 30.7 Å². The Labute approximate surface area is 299 Å². The number of anilines is 1. The lowest BCUT2D eigenvalue weighted by atomic mass is 9.76. The highest BCUT2D eigenvalue weighted by Gasteiger charge is 2.41. The first-order chi connectivity index (χ1) is 24.0. The number of carbonyl (C=O) groups excluding carboxylic acids is 2. The summed E-state index contributed by atoms with van der Waals surface area (Å²) in [6, 6.07) is 18.5. The molecule has 5 rings (SSSR count). The van der Waals surface area contributed by atoms with Crippen LogP contribution in [0.3, 0.4) is 0 Å². The van der Waals surface area contributed by atoms with Gasteiger partial charge >= 0.3 is 6.09 Å². The van der Waals surface area contributed by atoms with Gasteiger partial charge in [-0.05, 0) is 86.9 Å². The van der Waals surface area contributed by atoms with Gasteiger partial charge in [-0.2, -0.15) is 4.31 Å². The molecule has 2 fully saturated rings. The average molecular weight is 729 g/mol. The molecule has 50 heavy (non-hydrogen) atoms. The molecule has 0 saturated carbocycles. The van der Waals surface area contributed by atoms with E-state index in [2.05, 4.69) is 10.6 Å². The van der Waals surface area contributed by atoms with Crippen LogP contribution in [0.5, 0.6) is 0 Å². The first kappa shape index (κ1) is 37.7. The van der Waals surface area contributed by atoms with Gasteiger partial charge in [0.05, 0.1) is 12.0 Å². The number of nitrogens with zero attached hydrogens (tertiary/aromatic N) is 2. The number of methoxy groups -OCH3 is 1. The predicted molar refractivity (Wildman–Crippen MR) is 191 cm³/mol. The summed E-state index contributed by atoms with van der Waals surface area (Å²) >= 11 is 6.22. The molecule has 0 aliphatic carbocycles. The summed E-state index contributed by atoms with van der Waals surface area (Å²) < 4.78 is 55.2. The quantitative estimate of drug-likeness (QED) is 0.233. The third-order valence-corrected chi connectivity index (χ3v) is 12.1. The third-order valence-electron chi connectivity index (χ3n) is 9.79. The molecule has 2 N–H and O–H groups in total. The Hall–Kier alpha value is -3.55. The number of sulfonamides is 1. The van der Waals surface area contributed by atoms with Gasteiger partial charge in [0.2, 0.25) is 15.9 Å². The van der Waals surface area contributed by atoms with E-state index in [0.29, 0.717) is 68.3 Å². The Morgan fingerprint density at radius 3 is 2.44 bits per heavy atom. The van der Waals surface area contributed by atoms with E-state index >= 15 is 4.39 Å². The van der Waals surface area contributed by atoms with Crippen LogP contribution in [0.15, 0.2) is 77.7 Å². The molecule has 0 aromatic heterocycles. The molecule has 0 radical (unpaired) electrons. The van der Waals surface area contributed by atoms with Crippen molar-refractivity contribution >= 4 is 39.3 Å². The molecule has 0 spiro atoms. The highest BCUT2D eigenvalue weighted by atomic mass is 35.5. The lowest BCUT2D eigenvalue weighted by Crippen LogP contribution is -2.58. The molecule has 10 nitrogen and oxygen atoms in total. The van der Waals surface area contributed by atoms with Gasteiger partial charge in [0.1, 0.15) is 11.9 Å². The molecule has 2 aliphatic rings. The molecular weight excluding hydrogens is 683 g/mol. The van der Waals surface area contributed by atoms with Crippen molar-refractivity contribution in [2.75, 3.05) is 45.8 Å². The van der Waals surface area contributed by atoms with Gasteiger partial charge in [-0.1, -0.05) is 48.0 Å². The molecule has 3 aromatic carbocycles. The van der Waals surface area contributed by atoms with Crippen LogP contribution in [-0.4, -0.2) is 88.2 Å². The molecule has 2 aliphatic heterocycles. The molecule has 2 heterocycles. The summed E-state index contributed by atoms with van der Waals surface area (Å²) in [6.45, 7) is 3.93. The second-order valence-electron chi connectivity index (χ2n) is 13.0. The van der Waals surface area contributed by atoms with E-state index in [1.54, 1.807) is 52.8 Å². The standard InChI is InChI=1S/C37H46ClFN4O6S/c1-25-23-40-24-29(43(25)50(46,47)30-10-5-4-6-11-30)9-7-12-31-32(39)13-8-14-33(31)41-36(44)35(42(2)37(45)48-3)34(27-19-21-49-22-20-27)26-15-17-28(38)18-16-26/h4-6,8,10-11,13-18,25,27,29,34-35,40H,7,9,12,19-24H2,1-3H3,(H,41,44). The highest BCUT2D eigenvalue weighted by molar-refractivity contribution is 7.89. The number of ether oxygens (including phenoxy) is 2. The maximum atomic E-state index is 15.5. The minimum atomic E-state index is -3.75. The molecular formula is C37H46ClFN4O6S. The van der Waals surface area contributed by atoms with E-state index in [9.17, 15) is 18.0 Å². The molecule has 3 aromatic rings. The van der Waals surface area contributed by atoms with Crippen LogP contribution < -0.4 is 10.6 Å². The van der Waals surface area contributed by atoms with Crippen molar-refractivity contribution in [2.24, 2.45) is 5.92 Å². The van der Waals surface area contributed by atoms with Crippen LogP contribution in [0.4, 0.5) is 14.9 Å². The number of halogens is 2. The molecule has 2 amide bonds. The topological polar surface area (TPSA) is 117 Å². The zero-order valence-corrected chi connectivity index (χ0v) is 30.3. The van der Waals surface area contributed by atoms with E-state index in [4.69, 9.17) is 21.1 Å². The molecule has 0 bridgehead atoms. The second kappa shape index (κ2) is 17.1. The smallest absolute Gasteiger partial charge is 0.409 e. The third kappa shape index (κ3) is 8.66. The first-order valence-corrected chi connectivity index (χ1v) is 18.9. The Bertz CT molecular complexity index is 1710. The van der Waals surface area contributed by atoms with Crippen LogP contribution in [0, 0.1) is 11.7 Å². The normalized spacial score (nSPS) is 20.1. The fraction of sp³-hybridized carbons (Fsp3) is 0.459. The molecule has 2 saturated heterocycles. The highest BCUT2D eigenvalue weighted by Crippen LogP contribution is 2.38. The minimum absolute atomic E-state index is 0.00127. The van der Waals surface area contributed by atoms with Gasteiger partial charge < -0.3 is 20.1 Å². The van der Waals surface area contributed by atoms with Gasteiger partial charge in [0.25, 0.3) is 0 Å².